The summed E-state index contributed by atoms with van der Waals surface area (Å²) in [5, 5.41) is 10.7. The van der Waals surface area contributed by atoms with Crippen molar-refractivity contribution >= 4 is 11.8 Å². The molecule has 0 atom stereocenters. The molecule has 0 fully saturated rings. The number of hydrogen-bond acceptors (Lipinski definition) is 6. The first-order valence-corrected chi connectivity index (χ1v) is 5.14. The highest BCUT2D eigenvalue weighted by atomic mass is 19.3. The lowest BCUT2D eigenvalue weighted by atomic mass is 10.3. The second-order valence-corrected chi connectivity index (χ2v) is 3.37. The fourth-order valence-electron chi connectivity index (χ4n) is 1.14. The number of rotatable bonds is 5. The minimum Gasteiger partial charge on any atom is -0.459 e. The van der Waals surface area contributed by atoms with Gasteiger partial charge in [0.25, 0.3) is 0 Å². The Labute approximate surface area is 106 Å². The molecule has 9 heteroatoms. The average Bonchev–Trinajstić information content (AvgIpc) is 2.31. The Balaban J connectivity index is 3.05. The van der Waals surface area contributed by atoms with E-state index in [-0.39, 0.29) is 12.3 Å². The number of ether oxygens (including phenoxy) is 2. The molecular weight excluding hydrogens is 266 g/mol. The van der Waals surface area contributed by atoms with Gasteiger partial charge in [0, 0.05) is 6.92 Å². The van der Waals surface area contributed by atoms with Crippen LogP contribution in [0.25, 0.3) is 0 Å². The van der Waals surface area contributed by atoms with Gasteiger partial charge >= 0.3 is 17.9 Å². The average molecular weight is 276 g/mol. The maximum Gasteiger partial charge on any atom is 0.502 e. The van der Waals surface area contributed by atoms with E-state index in [0.717, 1.165) is 6.07 Å². The summed E-state index contributed by atoms with van der Waals surface area (Å²) in [7, 11) is 0. The van der Waals surface area contributed by atoms with E-state index in [1.165, 1.54) is 19.9 Å². The van der Waals surface area contributed by atoms with Crippen molar-refractivity contribution in [1.29, 1.82) is 0 Å². The highest BCUT2D eigenvalue weighted by molar-refractivity contribution is 5.76. The summed E-state index contributed by atoms with van der Waals surface area (Å²) in [6.45, 7) is 2.51. The number of nitro groups is 1. The summed E-state index contributed by atoms with van der Waals surface area (Å²) < 4.78 is 34.7. The lowest BCUT2D eigenvalue weighted by Crippen LogP contribution is -2.37. The SMILES string of the molecule is CCOC(=O)C(F)(F)Oc1ccc(C)nc1[N+](=O)[O-]. The zero-order valence-electron chi connectivity index (χ0n) is 10.1. The minimum absolute atomic E-state index is 0.249. The van der Waals surface area contributed by atoms with Crippen molar-refractivity contribution in [3.8, 4) is 5.75 Å². The summed E-state index contributed by atoms with van der Waals surface area (Å²) in [5.74, 6) is -3.64. The van der Waals surface area contributed by atoms with Crippen molar-refractivity contribution in [1.82, 2.24) is 4.98 Å². The second kappa shape index (κ2) is 5.55. The summed E-state index contributed by atoms with van der Waals surface area (Å²) in [6.07, 6.45) is -4.32. The molecule has 0 saturated heterocycles. The molecule has 0 N–H and O–H groups in total. The van der Waals surface area contributed by atoms with Gasteiger partial charge in [0.05, 0.1) is 6.61 Å². The van der Waals surface area contributed by atoms with Gasteiger partial charge in [0.1, 0.15) is 5.69 Å². The van der Waals surface area contributed by atoms with Crippen LogP contribution in [0.4, 0.5) is 14.6 Å². The van der Waals surface area contributed by atoms with Crippen LogP contribution in [-0.2, 0) is 9.53 Å². The van der Waals surface area contributed by atoms with Gasteiger partial charge in [-0.05, 0) is 29.0 Å². The molecule has 0 aliphatic heterocycles. The zero-order chi connectivity index (χ0) is 14.6. The van der Waals surface area contributed by atoms with Crippen molar-refractivity contribution in [2.45, 2.75) is 20.0 Å². The Kier molecular flexibility index (Phi) is 4.30. The van der Waals surface area contributed by atoms with Gasteiger partial charge in [-0.15, -0.1) is 0 Å². The molecule has 0 aromatic carbocycles. The molecule has 0 aliphatic carbocycles. The topological polar surface area (TPSA) is 91.6 Å². The maximum absolute atomic E-state index is 13.3. The van der Waals surface area contributed by atoms with Gasteiger partial charge < -0.3 is 19.6 Å². The predicted octanol–water partition coefficient (Wildman–Crippen LogP) is 1.83. The predicted molar refractivity (Wildman–Crippen MR) is 57.8 cm³/mol. The molecule has 0 aliphatic rings. The van der Waals surface area contributed by atoms with Gasteiger partial charge in [-0.3, -0.25) is 0 Å². The standard InChI is InChI=1S/C10H10F2N2O5/c1-3-18-9(15)10(11,12)19-7-5-4-6(2)13-8(7)14(16)17/h4-5H,3H2,1-2H3. The molecule has 1 aromatic rings. The lowest BCUT2D eigenvalue weighted by molar-refractivity contribution is -0.391. The molecule has 1 rings (SSSR count). The third-order valence-electron chi connectivity index (χ3n) is 1.90. The van der Waals surface area contributed by atoms with Crippen molar-refractivity contribution in [3.63, 3.8) is 0 Å². The van der Waals surface area contributed by atoms with Crippen molar-refractivity contribution in [3.05, 3.63) is 27.9 Å². The molecule has 7 nitrogen and oxygen atoms in total. The first kappa shape index (κ1) is 14.7. The molecule has 19 heavy (non-hydrogen) atoms. The van der Waals surface area contributed by atoms with E-state index in [1.54, 1.807) is 0 Å². The van der Waals surface area contributed by atoms with Crippen molar-refractivity contribution in [2.75, 3.05) is 6.61 Å². The molecule has 0 saturated carbocycles. The molecule has 0 amide bonds. The summed E-state index contributed by atoms with van der Waals surface area (Å²) in [5.41, 5.74) is 0.249. The van der Waals surface area contributed by atoms with Crippen LogP contribution in [-0.4, -0.2) is 28.6 Å². The monoisotopic (exact) mass is 276 g/mol. The Hall–Kier alpha value is -2.32. The van der Waals surface area contributed by atoms with Crippen LogP contribution in [0.2, 0.25) is 0 Å². The van der Waals surface area contributed by atoms with E-state index in [2.05, 4.69) is 14.5 Å². The first-order chi connectivity index (χ1) is 8.77. The quantitative estimate of drug-likeness (QED) is 0.463. The summed E-state index contributed by atoms with van der Waals surface area (Å²) >= 11 is 0. The van der Waals surface area contributed by atoms with Crippen molar-refractivity contribution < 1.29 is 28.0 Å². The number of carbonyl (C=O) groups excluding carboxylic acids is 1. The van der Waals surface area contributed by atoms with E-state index in [9.17, 15) is 23.7 Å². The Morgan fingerprint density at radius 1 is 1.53 bits per heavy atom. The van der Waals surface area contributed by atoms with E-state index < -0.39 is 28.6 Å². The number of hydrogen-bond donors (Lipinski definition) is 0. The largest absolute Gasteiger partial charge is 0.502 e. The Morgan fingerprint density at radius 3 is 2.68 bits per heavy atom. The van der Waals surface area contributed by atoms with Gasteiger partial charge in [-0.2, -0.15) is 8.78 Å². The van der Waals surface area contributed by atoms with Gasteiger partial charge in [0.2, 0.25) is 5.75 Å². The molecule has 104 valence electrons. The smallest absolute Gasteiger partial charge is 0.459 e. The van der Waals surface area contributed by atoms with E-state index >= 15 is 0 Å². The molecular formula is C10H10F2N2O5. The number of esters is 1. The van der Waals surface area contributed by atoms with Gasteiger partial charge in [-0.1, -0.05) is 0 Å². The highest BCUT2D eigenvalue weighted by Gasteiger charge is 2.45. The van der Waals surface area contributed by atoms with Crippen LogP contribution < -0.4 is 4.74 Å². The van der Waals surface area contributed by atoms with E-state index in [1.807, 2.05) is 0 Å². The zero-order valence-corrected chi connectivity index (χ0v) is 10.1. The fourth-order valence-corrected chi connectivity index (χ4v) is 1.14. The molecule has 0 spiro atoms. The highest BCUT2D eigenvalue weighted by Crippen LogP contribution is 2.30. The Bertz CT molecular complexity index is 507. The van der Waals surface area contributed by atoms with Crippen LogP contribution in [0.15, 0.2) is 12.1 Å². The molecule has 1 heterocycles. The molecule has 0 radical (unpaired) electrons. The molecule has 0 bridgehead atoms. The first-order valence-electron chi connectivity index (χ1n) is 5.14. The second-order valence-electron chi connectivity index (χ2n) is 3.37. The number of carbonyl (C=O) groups is 1. The third kappa shape index (κ3) is 3.57. The van der Waals surface area contributed by atoms with E-state index in [0.29, 0.717) is 0 Å². The number of alkyl halides is 2. The van der Waals surface area contributed by atoms with Crippen LogP contribution in [0.5, 0.6) is 5.75 Å². The van der Waals surface area contributed by atoms with Crippen LogP contribution in [0.1, 0.15) is 12.6 Å². The third-order valence-corrected chi connectivity index (χ3v) is 1.90. The molecule has 1 aromatic heterocycles. The minimum atomic E-state index is -4.32. The summed E-state index contributed by atoms with van der Waals surface area (Å²) in [4.78, 5) is 24.1. The normalized spacial score (nSPS) is 10.9. The number of halogens is 2. The van der Waals surface area contributed by atoms with Crippen LogP contribution >= 0.6 is 0 Å². The number of aryl methyl sites for hydroxylation is 1. The van der Waals surface area contributed by atoms with Crippen LogP contribution in [0.3, 0.4) is 0 Å². The number of pyridine rings is 1. The van der Waals surface area contributed by atoms with Crippen molar-refractivity contribution in [2.24, 2.45) is 0 Å². The Morgan fingerprint density at radius 2 is 2.16 bits per heavy atom. The van der Waals surface area contributed by atoms with Gasteiger partial charge in [-0.25, -0.2) is 4.79 Å². The summed E-state index contributed by atoms with van der Waals surface area (Å²) in [6, 6.07) is 2.18. The fraction of sp³-hybridized carbons (Fsp3) is 0.400. The maximum atomic E-state index is 13.3. The number of aromatic nitrogens is 1. The lowest BCUT2D eigenvalue weighted by Gasteiger charge is -2.15. The van der Waals surface area contributed by atoms with E-state index in [4.69, 9.17) is 0 Å². The van der Waals surface area contributed by atoms with Gasteiger partial charge in [0.15, 0.2) is 0 Å². The number of nitrogens with zero attached hydrogens (tertiary/aromatic N) is 2. The van der Waals surface area contributed by atoms with Crippen LogP contribution in [0, 0.1) is 17.0 Å². The molecule has 0 unspecified atom stereocenters.